The first-order chi connectivity index (χ1) is 15.3. The molecule has 0 bridgehead atoms. The van der Waals surface area contributed by atoms with Crippen LogP contribution in [0.1, 0.15) is 40.6 Å². The maximum atomic E-state index is 5.95. The number of hydrogen-bond donors (Lipinski definition) is 2. The van der Waals surface area contributed by atoms with Crippen molar-refractivity contribution < 1.29 is 4.74 Å². The molecule has 0 saturated carbocycles. The molecule has 0 saturated heterocycles. The molecule has 0 aliphatic rings. The van der Waals surface area contributed by atoms with Gasteiger partial charge in [0.05, 0.1) is 5.69 Å². The fraction of sp³-hybridized carbons (Fsp3) is 0.400. The molecular weight excluding hydrogens is 527 g/mol. The summed E-state index contributed by atoms with van der Waals surface area (Å²) in [6.45, 7) is 11.1. The molecule has 1 aromatic carbocycles. The number of aliphatic imine (C=N–C) groups is 1. The quantitative estimate of drug-likeness (QED) is 0.247. The number of nitrogens with one attached hydrogen (secondary N) is 2. The smallest absolute Gasteiger partial charge is 0.219 e. The van der Waals surface area contributed by atoms with E-state index in [2.05, 4.69) is 66.4 Å². The molecule has 0 aliphatic carbocycles. The third-order valence-electron chi connectivity index (χ3n) is 5.74. The van der Waals surface area contributed by atoms with E-state index in [1.165, 1.54) is 22.4 Å². The van der Waals surface area contributed by atoms with Gasteiger partial charge in [0.25, 0.3) is 0 Å². The summed E-state index contributed by atoms with van der Waals surface area (Å²) in [6.07, 6.45) is 2.65. The van der Waals surface area contributed by atoms with Gasteiger partial charge in [-0.1, -0.05) is 6.07 Å². The lowest BCUT2D eigenvalue weighted by molar-refractivity contribution is 0.461. The molecule has 33 heavy (non-hydrogen) atoms. The lowest BCUT2D eigenvalue weighted by Gasteiger charge is -2.18. The number of aromatic nitrogens is 3. The van der Waals surface area contributed by atoms with Crippen molar-refractivity contribution in [3.8, 4) is 11.6 Å². The molecule has 0 spiro atoms. The first kappa shape index (κ1) is 26.6. The Labute approximate surface area is 214 Å². The Bertz CT molecular complexity index is 1110. The SMILES string of the molecule is CN=C(NCc1ccnc(Oc2ccc(C)c(C)c2)c1)NC(C)Cc1c(C)nn(C)c1C.I. The highest BCUT2D eigenvalue weighted by molar-refractivity contribution is 14.0. The maximum absolute atomic E-state index is 5.95. The van der Waals surface area contributed by atoms with Gasteiger partial charge in [-0.05, 0) is 81.5 Å². The molecule has 3 aromatic rings. The van der Waals surface area contributed by atoms with Crippen molar-refractivity contribution in [3.63, 3.8) is 0 Å². The van der Waals surface area contributed by atoms with E-state index in [1.807, 2.05) is 36.0 Å². The number of benzene rings is 1. The molecule has 7 nitrogen and oxygen atoms in total. The zero-order chi connectivity index (χ0) is 23.3. The van der Waals surface area contributed by atoms with Crippen molar-refractivity contribution in [3.05, 3.63) is 70.2 Å². The Balaban J connectivity index is 0.00000385. The van der Waals surface area contributed by atoms with Crippen molar-refractivity contribution in [2.45, 2.75) is 53.6 Å². The number of aryl methyl sites for hydroxylation is 4. The van der Waals surface area contributed by atoms with Crippen LogP contribution in [0.5, 0.6) is 11.6 Å². The lowest BCUT2D eigenvalue weighted by atomic mass is 10.1. The molecule has 0 fully saturated rings. The van der Waals surface area contributed by atoms with Crippen molar-refractivity contribution in [1.29, 1.82) is 0 Å². The maximum Gasteiger partial charge on any atom is 0.219 e. The van der Waals surface area contributed by atoms with Gasteiger partial charge in [0.2, 0.25) is 5.88 Å². The van der Waals surface area contributed by atoms with E-state index >= 15 is 0 Å². The first-order valence-electron chi connectivity index (χ1n) is 10.9. The molecule has 2 aromatic heterocycles. The molecule has 0 aliphatic heterocycles. The summed E-state index contributed by atoms with van der Waals surface area (Å²) in [4.78, 5) is 8.71. The third-order valence-corrected chi connectivity index (χ3v) is 5.74. The average Bonchev–Trinajstić information content (AvgIpc) is 3.00. The van der Waals surface area contributed by atoms with Gasteiger partial charge in [0.15, 0.2) is 5.96 Å². The van der Waals surface area contributed by atoms with Gasteiger partial charge in [-0.25, -0.2) is 4.98 Å². The van der Waals surface area contributed by atoms with Crippen LogP contribution < -0.4 is 15.4 Å². The monoisotopic (exact) mass is 562 g/mol. The fourth-order valence-corrected chi connectivity index (χ4v) is 3.60. The minimum Gasteiger partial charge on any atom is -0.439 e. The number of guanidine groups is 1. The summed E-state index contributed by atoms with van der Waals surface area (Å²) in [5.41, 5.74) is 7.06. The third kappa shape index (κ3) is 7.18. The van der Waals surface area contributed by atoms with Gasteiger partial charge in [-0.15, -0.1) is 24.0 Å². The van der Waals surface area contributed by atoms with E-state index in [9.17, 15) is 0 Å². The van der Waals surface area contributed by atoms with Crippen LogP contribution in [-0.2, 0) is 20.0 Å². The van der Waals surface area contributed by atoms with Gasteiger partial charge >= 0.3 is 0 Å². The molecule has 2 N–H and O–H groups in total. The van der Waals surface area contributed by atoms with Crippen LogP contribution >= 0.6 is 24.0 Å². The number of ether oxygens (including phenoxy) is 1. The minimum absolute atomic E-state index is 0. The Morgan fingerprint density at radius 1 is 1.12 bits per heavy atom. The van der Waals surface area contributed by atoms with Crippen LogP contribution in [0.2, 0.25) is 0 Å². The fourth-order valence-electron chi connectivity index (χ4n) is 3.60. The molecule has 0 radical (unpaired) electrons. The number of nitrogens with zero attached hydrogens (tertiary/aromatic N) is 4. The minimum atomic E-state index is 0. The van der Waals surface area contributed by atoms with Crippen LogP contribution in [0.25, 0.3) is 0 Å². The number of hydrogen-bond acceptors (Lipinski definition) is 4. The largest absolute Gasteiger partial charge is 0.439 e. The van der Waals surface area contributed by atoms with Crippen molar-refractivity contribution in [2.24, 2.45) is 12.0 Å². The summed E-state index contributed by atoms with van der Waals surface area (Å²) < 4.78 is 7.89. The van der Waals surface area contributed by atoms with Crippen molar-refractivity contribution in [2.75, 3.05) is 7.05 Å². The summed E-state index contributed by atoms with van der Waals surface area (Å²) in [7, 11) is 3.76. The van der Waals surface area contributed by atoms with E-state index in [0.717, 1.165) is 29.4 Å². The summed E-state index contributed by atoms with van der Waals surface area (Å²) in [6, 6.07) is 10.2. The van der Waals surface area contributed by atoms with E-state index in [4.69, 9.17) is 4.74 Å². The molecule has 2 heterocycles. The van der Waals surface area contributed by atoms with Crippen LogP contribution in [0.4, 0.5) is 0 Å². The predicted molar refractivity (Wildman–Crippen MR) is 145 cm³/mol. The molecule has 1 atom stereocenters. The molecular formula is C25H35IN6O. The summed E-state index contributed by atoms with van der Waals surface area (Å²) in [5.74, 6) is 2.12. The van der Waals surface area contributed by atoms with Crippen molar-refractivity contribution >= 4 is 29.9 Å². The Kier molecular flexibility index (Phi) is 9.70. The standard InChI is InChI=1S/C25H34N6O.HI/c1-16-8-9-22(12-17(16)2)32-24-14-21(10-11-27-24)15-28-25(26-6)29-18(3)13-23-19(4)30-31(7)20(23)5;/h8-12,14,18H,13,15H2,1-7H3,(H2,26,28,29);1H. The number of rotatable bonds is 7. The molecule has 8 heteroatoms. The van der Waals surface area contributed by atoms with E-state index < -0.39 is 0 Å². The average molecular weight is 563 g/mol. The lowest BCUT2D eigenvalue weighted by Crippen LogP contribution is -2.42. The molecule has 178 valence electrons. The Hall–Kier alpha value is -2.62. The number of pyridine rings is 1. The van der Waals surface area contributed by atoms with Crippen LogP contribution in [-0.4, -0.2) is 33.8 Å². The second-order valence-electron chi connectivity index (χ2n) is 8.30. The summed E-state index contributed by atoms with van der Waals surface area (Å²) >= 11 is 0. The van der Waals surface area contributed by atoms with E-state index in [-0.39, 0.29) is 30.0 Å². The topological polar surface area (TPSA) is 76.4 Å². The summed E-state index contributed by atoms with van der Waals surface area (Å²) in [5, 5.41) is 11.4. The van der Waals surface area contributed by atoms with Gasteiger partial charge in [-0.2, -0.15) is 5.10 Å². The Morgan fingerprint density at radius 3 is 2.52 bits per heavy atom. The highest BCUT2D eigenvalue weighted by atomic mass is 127. The molecule has 0 amide bonds. The zero-order valence-electron chi connectivity index (χ0n) is 20.6. The van der Waals surface area contributed by atoms with Crippen LogP contribution in [0.15, 0.2) is 41.5 Å². The Morgan fingerprint density at radius 2 is 1.88 bits per heavy atom. The van der Waals surface area contributed by atoms with E-state index in [1.54, 1.807) is 13.2 Å². The van der Waals surface area contributed by atoms with Crippen LogP contribution in [0.3, 0.4) is 0 Å². The van der Waals surface area contributed by atoms with Gasteiger partial charge in [0, 0.05) is 44.6 Å². The highest BCUT2D eigenvalue weighted by Crippen LogP contribution is 2.22. The number of halogens is 1. The second-order valence-corrected chi connectivity index (χ2v) is 8.30. The van der Waals surface area contributed by atoms with Crippen LogP contribution in [0, 0.1) is 27.7 Å². The second kappa shape index (κ2) is 12.0. The predicted octanol–water partition coefficient (Wildman–Crippen LogP) is 4.76. The highest BCUT2D eigenvalue weighted by Gasteiger charge is 2.14. The normalized spacial score (nSPS) is 12.2. The van der Waals surface area contributed by atoms with E-state index in [0.29, 0.717) is 12.4 Å². The van der Waals surface area contributed by atoms with Crippen molar-refractivity contribution in [1.82, 2.24) is 25.4 Å². The zero-order valence-corrected chi connectivity index (χ0v) is 22.9. The molecule has 1 unspecified atom stereocenters. The first-order valence-corrected chi connectivity index (χ1v) is 10.9. The van der Waals surface area contributed by atoms with Gasteiger partial charge in [0.1, 0.15) is 5.75 Å². The van der Waals surface area contributed by atoms with Gasteiger partial charge < -0.3 is 15.4 Å². The van der Waals surface area contributed by atoms with Gasteiger partial charge in [-0.3, -0.25) is 9.67 Å². The molecule has 3 rings (SSSR count).